The largest absolute Gasteiger partial charge is 0.497 e. The van der Waals surface area contributed by atoms with Gasteiger partial charge in [0.2, 0.25) is 0 Å². The second-order valence-corrected chi connectivity index (χ2v) is 9.40. The lowest BCUT2D eigenvalue weighted by Gasteiger charge is -2.24. The fourth-order valence-electron chi connectivity index (χ4n) is 3.55. The van der Waals surface area contributed by atoms with E-state index < -0.39 is 5.97 Å². The molecule has 34 heavy (non-hydrogen) atoms. The molecular weight excluding hydrogens is 424 g/mol. The average Bonchev–Trinajstić information content (AvgIpc) is 2.81. The van der Waals surface area contributed by atoms with Crippen LogP contribution < -0.4 is 9.47 Å². The highest BCUT2D eigenvalue weighted by Crippen LogP contribution is 2.35. The molecule has 0 atom stereocenters. The molecule has 0 aliphatic rings. The molecule has 0 aromatic heterocycles. The quantitative estimate of drug-likeness (QED) is 0.373. The average molecular weight is 463 g/mol. The van der Waals surface area contributed by atoms with Gasteiger partial charge in [-0.1, -0.05) is 83.5 Å². The van der Waals surface area contributed by atoms with Crippen molar-refractivity contribution in [3.05, 3.63) is 83.4 Å². The van der Waals surface area contributed by atoms with Crippen LogP contribution in [-0.2, 0) is 23.2 Å². The highest BCUT2D eigenvalue weighted by molar-refractivity contribution is 5.70. The Morgan fingerprint density at radius 1 is 0.882 bits per heavy atom. The number of aliphatic carboxylic acids is 1. The van der Waals surface area contributed by atoms with Gasteiger partial charge in [-0.15, -0.1) is 0 Å². The van der Waals surface area contributed by atoms with Crippen molar-refractivity contribution in [1.29, 1.82) is 0 Å². The molecule has 0 saturated heterocycles. The molecule has 0 aliphatic heterocycles. The van der Waals surface area contributed by atoms with Crippen LogP contribution in [0.15, 0.2) is 66.7 Å². The lowest BCUT2D eigenvalue weighted by molar-refractivity contribution is -0.136. The van der Waals surface area contributed by atoms with E-state index in [4.69, 9.17) is 14.6 Å². The maximum Gasteiger partial charge on any atom is 0.303 e. The van der Waals surface area contributed by atoms with E-state index in [9.17, 15) is 4.79 Å². The maximum absolute atomic E-state index is 10.8. The molecule has 1 N–H and O–H groups in total. The zero-order valence-electron chi connectivity index (χ0n) is 21.4. The highest BCUT2D eigenvalue weighted by atomic mass is 16.5. The molecule has 0 unspecified atom stereocenters. The van der Waals surface area contributed by atoms with E-state index in [1.54, 1.807) is 7.11 Å². The molecule has 3 rings (SSSR count). The minimum atomic E-state index is -0.794. The van der Waals surface area contributed by atoms with Gasteiger partial charge in [0.1, 0.15) is 18.1 Å². The maximum atomic E-state index is 10.8. The first-order chi connectivity index (χ1) is 16.2. The van der Waals surface area contributed by atoms with Gasteiger partial charge in [-0.05, 0) is 63.9 Å². The predicted octanol–water partition coefficient (Wildman–Crippen LogP) is 7.67. The van der Waals surface area contributed by atoms with Crippen LogP contribution in [0, 0.1) is 0 Å². The molecule has 0 aliphatic carbocycles. The van der Waals surface area contributed by atoms with Crippen LogP contribution in [-0.4, -0.2) is 18.2 Å². The van der Waals surface area contributed by atoms with Gasteiger partial charge < -0.3 is 14.6 Å². The van der Waals surface area contributed by atoms with Gasteiger partial charge in [0.25, 0.3) is 0 Å². The van der Waals surface area contributed by atoms with Crippen molar-refractivity contribution < 1.29 is 19.4 Å². The van der Waals surface area contributed by atoms with Crippen molar-refractivity contribution in [1.82, 2.24) is 0 Å². The van der Waals surface area contributed by atoms with Gasteiger partial charge in [-0.2, -0.15) is 0 Å². The van der Waals surface area contributed by atoms with Gasteiger partial charge >= 0.3 is 5.97 Å². The molecule has 0 heterocycles. The number of carboxylic acids is 1. The van der Waals surface area contributed by atoms with E-state index in [1.165, 1.54) is 17.5 Å². The van der Waals surface area contributed by atoms with Gasteiger partial charge in [-0.3, -0.25) is 4.79 Å². The number of ether oxygens (including phenoxy) is 2. The van der Waals surface area contributed by atoms with Crippen LogP contribution in [0.25, 0.3) is 11.1 Å². The molecule has 4 nitrogen and oxygen atoms in total. The van der Waals surface area contributed by atoms with Crippen molar-refractivity contribution in [2.45, 2.75) is 65.9 Å². The van der Waals surface area contributed by atoms with Gasteiger partial charge in [0.05, 0.1) is 7.11 Å². The molecule has 0 saturated carbocycles. The first kappa shape index (κ1) is 27.0. The van der Waals surface area contributed by atoms with E-state index in [-0.39, 0.29) is 11.8 Å². The third kappa shape index (κ3) is 8.26. The number of carbonyl (C=O) groups is 1. The first-order valence-corrected chi connectivity index (χ1v) is 11.9. The highest BCUT2D eigenvalue weighted by Gasteiger charge is 2.20. The Morgan fingerprint density at radius 3 is 2.21 bits per heavy atom. The second kappa shape index (κ2) is 12.8. The molecule has 3 aromatic carbocycles. The molecule has 0 bridgehead atoms. The Hall–Kier alpha value is -3.27. The first-order valence-electron chi connectivity index (χ1n) is 11.9. The second-order valence-electron chi connectivity index (χ2n) is 9.40. The van der Waals surface area contributed by atoms with E-state index in [0.717, 1.165) is 28.2 Å². The number of benzene rings is 3. The van der Waals surface area contributed by atoms with Crippen molar-refractivity contribution in [2.24, 2.45) is 0 Å². The van der Waals surface area contributed by atoms with Crippen molar-refractivity contribution in [3.63, 3.8) is 0 Å². The molecule has 4 heteroatoms. The Morgan fingerprint density at radius 2 is 1.56 bits per heavy atom. The van der Waals surface area contributed by atoms with Crippen LogP contribution in [0.2, 0.25) is 0 Å². The van der Waals surface area contributed by atoms with Gasteiger partial charge in [0, 0.05) is 6.42 Å². The monoisotopic (exact) mass is 462 g/mol. The Balaban J connectivity index is 0.00000129. The van der Waals surface area contributed by atoms with Crippen LogP contribution >= 0.6 is 0 Å². The summed E-state index contributed by atoms with van der Waals surface area (Å²) in [7, 11) is 1.68. The molecule has 0 amide bonds. The molecule has 0 spiro atoms. The molecule has 0 radical (unpaired) electrons. The summed E-state index contributed by atoms with van der Waals surface area (Å²) in [6.07, 6.45) is 1.86. The summed E-state index contributed by atoms with van der Waals surface area (Å²) < 4.78 is 11.4. The van der Waals surface area contributed by atoms with E-state index in [0.29, 0.717) is 13.0 Å². The number of carboxylic acid groups (broad SMARTS) is 1. The lowest BCUT2D eigenvalue weighted by Crippen LogP contribution is -2.13. The smallest absolute Gasteiger partial charge is 0.303 e. The van der Waals surface area contributed by atoms with Crippen molar-refractivity contribution in [3.8, 4) is 22.6 Å². The number of rotatable bonds is 8. The number of aryl methyl sites for hydroxylation is 1. The minimum Gasteiger partial charge on any atom is -0.497 e. The fraction of sp³-hybridized carbons (Fsp3) is 0.367. The number of hydrogen-bond acceptors (Lipinski definition) is 3. The summed E-state index contributed by atoms with van der Waals surface area (Å²) in [5.74, 6) is 0.793. The molecule has 182 valence electrons. The summed E-state index contributed by atoms with van der Waals surface area (Å²) in [5.41, 5.74) is 5.58. The topological polar surface area (TPSA) is 55.8 Å². The normalized spacial score (nSPS) is 10.8. The van der Waals surface area contributed by atoms with Crippen molar-refractivity contribution in [2.75, 3.05) is 7.11 Å². The van der Waals surface area contributed by atoms with Gasteiger partial charge in [0.15, 0.2) is 0 Å². The lowest BCUT2D eigenvalue weighted by atomic mass is 9.81. The summed E-state index contributed by atoms with van der Waals surface area (Å²) in [5, 5.41) is 8.88. The third-order valence-electron chi connectivity index (χ3n) is 5.20. The number of methoxy groups -OCH3 is 1. The Kier molecular flexibility index (Phi) is 10.2. The van der Waals surface area contributed by atoms with Crippen LogP contribution in [0.1, 0.15) is 64.2 Å². The standard InChI is InChI=1S/C27H30O4.C3H8/c1-27(2,3)25-16-20(11-13-24(25)21-8-6-9-22(17-21)30-4)18-31-23-10-5-7-19(15-23)12-14-26(28)29;1-3-2/h5-11,13,15-17H,12,14,18H2,1-4H3,(H,28,29);3H2,1-2H3. The molecular formula is C30H38O4. The Bertz CT molecular complexity index is 1060. The minimum absolute atomic E-state index is 0.0365. The van der Waals surface area contributed by atoms with Crippen molar-refractivity contribution >= 4 is 5.97 Å². The fourth-order valence-corrected chi connectivity index (χ4v) is 3.55. The van der Waals surface area contributed by atoms with E-state index >= 15 is 0 Å². The Labute approximate surface area is 204 Å². The van der Waals surface area contributed by atoms with E-state index in [2.05, 4.69) is 65.0 Å². The van der Waals surface area contributed by atoms with Crippen LogP contribution in [0.3, 0.4) is 0 Å². The van der Waals surface area contributed by atoms with Gasteiger partial charge in [-0.25, -0.2) is 0 Å². The zero-order chi connectivity index (χ0) is 25.1. The summed E-state index contributed by atoms with van der Waals surface area (Å²) >= 11 is 0. The predicted molar refractivity (Wildman–Crippen MR) is 140 cm³/mol. The van der Waals surface area contributed by atoms with Crippen LogP contribution in [0.4, 0.5) is 0 Å². The number of hydrogen-bond donors (Lipinski definition) is 1. The summed E-state index contributed by atoms with van der Waals surface area (Å²) in [6.45, 7) is 11.3. The van der Waals surface area contributed by atoms with Crippen LogP contribution in [0.5, 0.6) is 11.5 Å². The summed E-state index contributed by atoms with van der Waals surface area (Å²) in [4.78, 5) is 10.8. The SMILES string of the molecule is CCC.COc1cccc(-c2ccc(COc3cccc(CCC(=O)O)c3)cc2C(C)(C)C)c1. The summed E-state index contributed by atoms with van der Waals surface area (Å²) in [6, 6.07) is 22.2. The molecule has 0 fully saturated rings. The zero-order valence-corrected chi connectivity index (χ0v) is 21.4. The third-order valence-corrected chi connectivity index (χ3v) is 5.20. The van der Waals surface area contributed by atoms with E-state index in [1.807, 2.05) is 36.4 Å². The molecule has 3 aromatic rings.